The predicted octanol–water partition coefficient (Wildman–Crippen LogP) is 0.853. The minimum absolute atomic E-state index is 0.0837. The van der Waals surface area contributed by atoms with E-state index in [9.17, 15) is 14.4 Å². The summed E-state index contributed by atoms with van der Waals surface area (Å²) in [4.78, 5) is 48.1. The van der Waals surface area contributed by atoms with Gasteiger partial charge in [0.05, 0.1) is 6.54 Å². The number of hydrogen-bond donors (Lipinski definition) is 0. The van der Waals surface area contributed by atoms with Gasteiger partial charge in [-0.1, -0.05) is 6.07 Å². The number of amides is 2. The molecule has 0 N–H and O–H groups in total. The van der Waals surface area contributed by atoms with E-state index in [1.54, 1.807) is 29.3 Å². The lowest BCUT2D eigenvalue weighted by Crippen LogP contribution is -2.53. The number of rotatable bonds is 3. The molecule has 0 radical (unpaired) electrons. The van der Waals surface area contributed by atoms with Gasteiger partial charge in [0.25, 0.3) is 11.5 Å². The van der Waals surface area contributed by atoms with Gasteiger partial charge in [-0.2, -0.15) is 0 Å². The van der Waals surface area contributed by atoms with Gasteiger partial charge in [0.1, 0.15) is 11.2 Å². The van der Waals surface area contributed by atoms with Gasteiger partial charge in [0.2, 0.25) is 5.91 Å². The summed E-state index contributed by atoms with van der Waals surface area (Å²) in [6.07, 6.45) is 6.33. The monoisotopic (exact) mass is 397 g/mol. The van der Waals surface area contributed by atoms with Crippen LogP contribution >= 0.6 is 0 Å². The summed E-state index contributed by atoms with van der Waals surface area (Å²) < 4.78 is 1.39. The third-order valence-electron chi connectivity index (χ3n) is 5.99. The molecule has 1 unspecified atom stereocenters. The Morgan fingerprint density at radius 1 is 1.10 bits per heavy atom. The highest BCUT2D eigenvalue weighted by atomic mass is 16.2. The largest absolute Gasteiger partial charge is 0.339 e. The molecule has 8 nitrogen and oxygen atoms in total. The Hall–Kier alpha value is -2.74. The van der Waals surface area contributed by atoms with Gasteiger partial charge in [0.15, 0.2) is 0 Å². The van der Waals surface area contributed by atoms with Gasteiger partial charge >= 0.3 is 0 Å². The highest BCUT2D eigenvalue weighted by Gasteiger charge is 2.28. The molecule has 2 saturated heterocycles. The number of fused-ring (bicyclic) bond motifs is 1. The Morgan fingerprint density at radius 2 is 1.90 bits per heavy atom. The van der Waals surface area contributed by atoms with Crippen LogP contribution in [-0.2, 0) is 4.79 Å². The summed E-state index contributed by atoms with van der Waals surface area (Å²) in [6.45, 7) is 5.61. The third kappa shape index (κ3) is 4.03. The first-order valence-corrected chi connectivity index (χ1v) is 10.3. The first-order valence-electron chi connectivity index (χ1n) is 10.3. The van der Waals surface area contributed by atoms with Gasteiger partial charge in [-0.05, 0) is 38.3 Å². The van der Waals surface area contributed by atoms with Crippen molar-refractivity contribution in [2.75, 3.05) is 39.3 Å². The molecule has 154 valence electrons. The van der Waals surface area contributed by atoms with Crippen molar-refractivity contribution in [2.24, 2.45) is 0 Å². The number of hydrogen-bond acceptors (Lipinski definition) is 5. The smallest absolute Gasteiger partial charge is 0.270 e. The molecule has 2 amide bonds. The Morgan fingerprint density at radius 3 is 2.66 bits per heavy atom. The second kappa shape index (κ2) is 8.32. The van der Waals surface area contributed by atoms with Gasteiger partial charge in [-0.3, -0.25) is 23.7 Å². The molecule has 4 rings (SSSR count). The fraction of sp³-hybridized carbons (Fsp3) is 0.524. The molecule has 2 aromatic heterocycles. The number of pyridine rings is 1. The zero-order valence-electron chi connectivity index (χ0n) is 16.8. The van der Waals surface area contributed by atoms with Gasteiger partial charge < -0.3 is 9.80 Å². The summed E-state index contributed by atoms with van der Waals surface area (Å²) in [5, 5.41) is 0. The topological polar surface area (TPSA) is 78.2 Å². The van der Waals surface area contributed by atoms with Crippen LogP contribution in [0.1, 0.15) is 36.5 Å². The lowest BCUT2D eigenvalue weighted by Gasteiger charge is -2.38. The number of piperazine rings is 1. The Bertz CT molecular complexity index is 964. The molecule has 2 aliphatic heterocycles. The maximum Gasteiger partial charge on any atom is 0.270 e. The molecule has 2 fully saturated rings. The zero-order chi connectivity index (χ0) is 20.4. The van der Waals surface area contributed by atoms with Crippen LogP contribution in [0.25, 0.3) is 5.65 Å². The maximum absolute atomic E-state index is 12.9. The van der Waals surface area contributed by atoms with Crippen molar-refractivity contribution in [1.29, 1.82) is 0 Å². The number of carbonyl (C=O) groups is 2. The van der Waals surface area contributed by atoms with Crippen molar-refractivity contribution < 1.29 is 9.59 Å². The lowest BCUT2D eigenvalue weighted by molar-refractivity contribution is -0.136. The van der Waals surface area contributed by atoms with Crippen LogP contribution in [0, 0.1) is 0 Å². The summed E-state index contributed by atoms with van der Waals surface area (Å²) in [5.74, 6) is -0.120. The number of carbonyl (C=O) groups excluding carboxylic acids is 2. The molecule has 2 aromatic rings. The molecule has 0 aromatic carbocycles. The molecule has 8 heteroatoms. The van der Waals surface area contributed by atoms with Crippen molar-refractivity contribution in [1.82, 2.24) is 24.1 Å². The van der Waals surface area contributed by atoms with Crippen LogP contribution in [-0.4, -0.2) is 81.2 Å². The van der Waals surface area contributed by atoms with E-state index in [-0.39, 0.29) is 22.9 Å². The van der Waals surface area contributed by atoms with Crippen molar-refractivity contribution in [3.05, 3.63) is 46.5 Å². The molecule has 0 spiro atoms. The Labute approximate surface area is 169 Å². The van der Waals surface area contributed by atoms with E-state index in [4.69, 9.17) is 0 Å². The van der Waals surface area contributed by atoms with Crippen LogP contribution in [0.2, 0.25) is 0 Å². The number of piperidine rings is 1. The van der Waals surface area contributed by atoms with Gasteiger partial charge in [-0.25, -0.2) is 4.98 Å². The average molecular weight is 397 g/mol. The molecule has 0 bridgehead atoms. The summed E-state index contributed by atoms with van der Waals surface area (Å²) in [6, 6.07) is 5.58. The third-order valence-corrected chi connectivity index (χ3v) is 5.99. The van der Waals surface area contributed by atoms with E-state index in [2.05, 4.69) is 16.8 Å². The van der Waals surface area contributed by atoms with E-state index < -0.39 is 0 Å². The predicted molar refractivity (Wildman–Crippen MR) is 109 cm³/mol. The van der Waals surface area contributed by atoms with E-state index in [1.165, 1.54) is 17.0 Å². The Kier molecular flexibility index (Phi) is 5.62. The molecule has 0 saturated carbocycles. The number of aromatic nitrogens is 2. The van der Waals surface area contributed by atoms with Crippen LogP contribution in [0.4, 0.5) is 0 Å². The number of nitrogens with zero attached hydrogens (tertiary/aromatic N) is 5. The SMILES string of the molecule is CC1CCCCN1C(=O)CN1CCN(C(=O)c2cnc3ccccn3c2=O)CC1. The van der Waals surface area contributed by atoms with E-state index >= 15 is 0 Å². The normalized spacial score (nSPS) is 20.8. The highest BCUT2D eigenvalue weighted by molar-refractivity contribution is 5.93. The van der Waals surface area contributed by atoms with Gasteiger partial charge in [0, 0.05) is 51.2 Å². The lowest BCUT2D eigenvalue weighted by atomic mass is 10.0. The summed E-state index contributed by atoms with van der Waals surface area (Å²) in [5.41, 5.74) is 0.252. The average Bonchev–Trinajstić information content (AvgIpc) is 2.74. The fourth-order valence-electron chi connectivity index (χ4n) is 4.20. The van der Waals surface area contributed by atoms with Crippen LogP contribution in [0.15, 0.2) is 35.4 Å². The van der Waals surface area contributed by atoms with Crippen molar-refractivity contribution in [2.45, 2.75) is 32.2 Å². The van der Waals surface area contributed by atoms with Crippen LogP contribution in [0.3, 0.4) is 0 Å². The van der Waals surface area contributed by atoms with Crippen molar-refractivity contribution in [3.8, 4) is 0 Å². The van der Waals surface area contributed by atoms with Crippen LogP contribution < -0.4 is 5.56 Å². The molecule has 2 aliphatic rings. The first-order chi connectivity index (χ1) is 14.0. The highest BCUT2D eigenvalue weighted by Crippen LogP contribution is 2.17. The van der Waals surface area contributed by atoms with Crippen LogP contribution in [0.5, 0.6) is 0 Å². The molecule has 4 heterocycles. The standard InChI is InChI=1S/C21H27N5O3/c1-16-6-2-4-8-25(16)19(27)15-23-10-12-24(13-11-23)20(28)17-14-22-18-7-3-5-9-26(18)21(17)29/h3,5,7,9,14,16H,2,4,6,8,10-13,15H2,1H3. The van der Waals surface area contributed by atoms with Crippen molar-refractivity contribution >= 4 is 17.5 Å². The summed E-state index contributed by atoms with van der Waals surface area (Å²) in [7, 11) is 0. The minimum Gasteiger partial charge on any atom is -0.339 e. The van der Waals surface area contributed by atoms with Gasteiger partial charge in [-0.15, -0.1) is 0 Å². The molecular formula is C21H27N5O3. The Balaban J connectivity index is 1.37. The maximum atomic E-state index is 12.9. The fourth-order valence-corrected chi connectivity index (χ4v) is 4.20. The summed E-state index contributed by atoms with van der Waals surface area (Å²) >= 11 is 0. The molecule has 29 heavy (non-hydrogen) atoms. The van der Waals surface area contributed by atoms with Crippen molar-refractivity contribution in [3.63, 3.8) is 0 Å². The zero-order valence-corrected chi connectivity index (χ0v) is 16.8. The molecule has 0 aliphatic carbocycles. The molecule has 1 atom stereocenters. The molecular weight excluding hydrogens is 370 g/mol. The quantitative estimate of drug-likeness (QED) is 0.768. The second-order valence-electron chi connectivity index (χ2n) is 7.91. The minimum atomic E-state index is -0.350. The van der Waals surface area contributed by atoms with E-state index in [1.807, 2.05) is 4.90 Å². The number of likely N-dealkylation sites (tertiary alicyclic amines) is 1. The first kappa shape index (κ1) is 19.6. The van der Waals surface area contributed by atoms with E-state index in [0.29, 0.717) is 44.4 Å². The second-order valence-corrected chi connectivity index (χ2v) is 7.91. The van der Waals surface area contributed by atoms with E-state index in [0.717, 1.165) is 19.4 Å².